The summed E-state index contributed by atoms with van der Waals surface area (Å²) in [4.78, 5) is 14.2. The molecule has 1 fully saturated rings. The van der Waals surface area contributed by atoms with Gasteiger partial charge in [0.2, 0.25) is 0 Å². The summed E-state index contributed by atoms with van der Waals surface area (Å²) in [6.07, 6.45) is -1.50. The topological polar surface area (TPSA) is 40.5 Å². The lowest BCUT2D eigenvalue weighted by Crippen LogP contribution is -2.45. The summed E-state index contributed by atoms with van der Waals surface area (Å²) in [5, 5.41) is 9.56. The Balaban J connectivity index is 1.74. The number of halogens is 3. The molecule has 0 saturated heterocycles. The number of hydrogen-bond acceptors (Lipinski definition) is 2. The molecular formula is C21H22F3NO2. The van der Waals surface area contributed by atoms with Gasteiger partial charge in [0.1, 0.15) is 0 Å². The second kappa shape index (κ2) is 7.35. The molecule has 0 spiro atoms. The lowest BCUT2D eigenvalue weighted by Gasteiger charge is -2.42. The third-order valence-corrected chi connectivity index (χ3v) is 5.32. The SMILES string of the molecule is CN(CC1(CO)CCC1)C(=O)c1ccc(-c2cccc(C(F)(F)F)c2)cc1. The third-order valence-electron chi connectivity index (χ3n) is 5.32. The number of aliphatic hydroxyl groups is 1. The number of aliphatic hydroxyl groups excluding tert-OH is 1. The minimum absolute atomic E-state index is 0.0686. The van der Waals surface area contributed by atoms with E-state index in [2.05, 4.69) is 0 Å². The zero-order valence-electron chi connectivity index (χ0n) is 15.1. The molecule has 0 unspecified atom stereocenters. The van der Waals surface area contributed by atoms with Crippen LogP contribution < -0.4 is 0 Å². The molecule has 0 atom stereocenters. The average Bonchev–Trinajstić information content (AvgIpc) is 2.63. The summed E-state index contributed by atoms with van der Waals surface area (Å²) < 4.78 is 38.6. The molecule has 0 heterocycles. The molecule has 1 aliphatic rings. The van der Waals surface area contributed by atoms with Crippen LogP contribution in [0.2, 0.25) is 0 Å². The molecule has 0 aliphatic heterocycles. The summed E-state index contributed by atoms with van der Waals surface area (Å²) in [7, 11) is 1.71. The van der Waals surface area contributed by atoms with E-state index in [4.69, 9.17) is 0 Å². The normalized spacial score (nSPS) is 15.9. The van der Waals surface area contributed by atoms with Crippen LogP contribution in [0.15, 0.2) is 48.5 Å². The van der Waals surface area contributed by atoms with Crippen LogP contribution >= 0.6 is 0 Å². The van der Waals surface area contributed by atoms with E-state index in [0.717, 1.165) is 31.4 Å². The van der Waals surface area contributed by atoms with Crippen LogP contribution in [0, 0.1) is 5.41 Å². The minimum atomic E-state index is -4.39. The Morgan fingerprint density at radius 2 is 1.78 bits per heavy atom. The molecule has 6 heteroatoms. The first-order chi connectivity index (χ1) is 12.7. The maximum Gasteiger partial charge on any atom is 0.416 e. The molecule has 1 saturated carbocycles. The van der Waals surface area contributed by atoms with Crippen molar-refractivity contribution in [1.29, 1.82) is 0 Å². The van der Waals surface area contributed by atoms with Crippen molar-refractivity contribution in [1.82, 2.24) is 4.90 Å². The molecule has 0 radical (unpaired) electrons. The minimum Gasteiger partial charge on any atom is -0.396 e. The molecular weight excluding hydrogens is 355 g/mol. The van der Waals surface area contributed by atoms with E-state index in [1.54, 1.807) is 42.3 Å². The average molecular weight is 377 g/mol. The zero-order valence-corrected chi connectivity index (χ0v) is 15.1. The van der Waals surface area contributed by atoms with Crippen LogP contribution in [-0.4, -0.2) is 36.1 Å². The van der Waals surface area contributed by atoms with E-state index in [0.29, 0.717) is 23.2 Å². The molecule has 1 amide bonds. The molecule has 0 aromatic heterocycles. The maximum absolute atomic E-state index is 12.9. The number of amides is 1. The number of carbonyl (C=O) groups is 1. The van der Waals surface area contributed by atoms with Gasteiger partial charge in [-0.25, -0.2) is 0 Å². The quantitative estimate of drug-likeness (QED) is 0.827. The first-order valence-electron chi connectivity index (χ1n) is 8.88. The van der Waals surface area contributed by atoms with Crippen molar-refractivity contribution in [3.63, 3.8) is 0 Å². The second-order valence-corrected chi connectivity index (χ2v) is 7.33. The summed E-state index contributed by atoms with van der Waals surface area (Å²) >= 11 is 0. The van der Waals surface area contributed by atoms with E-state index in [9.17, 15) is 23.1 Å². The molecule has 3 rings (SSSR count). The van der Waals surface area contributed by atoms with E-state index >= 15 is 0 Å². The lowest BCUT2D eigenvalue weighted by atomic mass is 9.69. The summed E-state index contributed by atoms with van der Waals surface area (Å²) in [6.45, 7) is 0.566. The number of hydrogen-bond donors (Lipinski definition) is 1. The Morgan fingerprint density at radius 3 is 2.30 bits per heavy atom. The molecule has 0 bridgehead atoms. The second-order valence-electron chi connectivity index (χ2n) is 7.33. The fourth-order valence-corrected chi connectivity index (χ4v) is 3.52. The van der Waals surface area contributed by atoms with Crippen molar-refractivity contribution < 1.29 is 23.1 Å². The zero-order chi connectivity index (χ0) is 19.7. The van der Waals surface area contributed by atoms with Crippen LogP contribution in [0.3, 0.4) is 0 Å². The van der Waals surface area contributed by atoms with Gasteiger partial charge in [-0.1, -0.05) is 30.7 Å². The highest BCUT2D eigenvalue weighted by molar-refractivity contribution is 5.94. The van der Waals surface area contributed by atoms with Gasteiger partial charge in [-0.05, 0) is 48.2 Å². The van der Waals surface area contributed by atoms with Crippen molar-refractivity contribution in [2.24, 2.45) is 5.41 Å². The smallest absolute Gasteiger partial charge is 0.396 e. The van der Waals surface area contributed by atoms with E-state index in [-0.39, 0.29) is 17.9 Å². The van der Waals surface area contributed by atoms with Gasteiger partial charge in [0, 0.05) is 24.6 Å². The number of nitrogens with zero attached hydrogens (tertiary/aromatic N) is 1. The first-order valence-corrected chi connectivity index (χ1v) is 8.88. The maximum atomic E-state index is 12.9. The van der Waals surface area contributed by atoms with Gasteiger partial charge in [0.05, 0.1) is 12.2 Å². The van der Waals surface area contributed by atoms with Crippen LogP contribution in [0.4, 0.5) is 13.2 Å². The van der Waals surface area contributed by atoms with E-state index in [1.807, 2.05) is 0 Å². The fourth-order valence-electron chi connectivity index (χ4n) is 3.52. The van der Waals surface area contributed by atoms with Crippen LogP contribution in [0.25, 0.3) is 11.1 Å². The van der Waals surface area contributed by atoms with Crippen molar-refractivity contribution in [3.05, 3.63) is 59.7 Å². The van der Waals surface area contributed by atoms with Gasteiger partial charge >= 0.3 is 6.18 Å². The number of rotatable bonds is 5. The first kappa shape index (κ1) is 19.4. The Morgan fingerprint density at radius 1 is 1.11 bits per heavy atom. The summed E-state index contributed by atoms with van der Waals surface area (Å²) in [5.74, 6) is -0.162. The van der Waals surface area contributed by atoms with Crippen molar-refractivity contribution >= 4 is 5.91 Å². The van der Waals surface area contributed by atoms with Gasteiger partial charge in [-0.3, -0.25) is 4.79 Å². The van der Waals surface area contributed by atoms with Gasteiger partial charge < -0.3 is 10.0 Å². The fraction of sp³-hybridized carbons (Fsp3) is 0.381. The third kappa shape index (κ3) is 4.16. The Bertz CT molecular complexity index is 805. The molecule has 2 aromatic rings. The van der Waals surface area contributed by atoms with Gasteiger partial charge in [0.25, 0.3) is 5.91 Å². The number of carbonyl (C=O) groups excluding carboxylic acids is 1. The van der Waals surface area contributed by atoms with Crippen molar-refractivity contribution in [3.8, 4) is 11.1 Å². The van der Waals surface area contributed by atoms with Gasteiger partial charge in [-0.15, -0.1) is 0 Å². The van der Waals surface area contributed by atoms with E-state index in [1.165, 1.54) is 6.07 Å². The van der Waals surface area contributed by atoms with E-state index < -0.39 is 11.7 Å². The highest BCUT2D eigenvalue weighted by Gasteiger charge is 2.38. The van der Waals surface area contributed by atoms with Crippen LogP contribution in [0.1, 0.15) is 35.2 Å². The lowest BCUT2D eigenvalue weighted by molar-refractivity contribution is -0.137. The highest BCUT2D eigenvalue weighted by Crippen LogP contribution is 2.41. The largest absolute Gasteiger partial charge is 0.416 e. The van der Waals surface area contributed by atoms with Crippen LogP contribution in [-0.2, 0) is 6.18 Å². The Labute approximate surface area is 156 Å². The molecule has 3 nitrogen and oxygen atoms in total. The number of alkyl halides is 3. The molecule has 1 N–H and O–H groups in total. The molecule has 27 heavy (non-hydrogen) atoms. The molecule has 2 aromatic carbocycles. The number of benzene rings is 2. The monoisotopic (exact) mass is 377 g/mol. The van der Waals surface area contributed by atoms with Crippen molar-refractivity contribution in [2.45, 2.75) is 25.4 Å². The Hall–Kier alpha value is -2.34. The predicted molar refractivity (Wildman–Crippen MR) is 97.2 cm³/mol. The Kier molecular flexibility index (Phi) is 5.29. The predicted octanol–water partition coefficient (Wildman–Crippen LogP) is 4.61. The highest BCUT2D eigenvalue weighted by atomic mass is 19.4. The van der Waals surface area contributed by atoms with Gasteiger partial charge in [0.15, 0.2) is 0 Å². The molecule has 1 aliphatic carbocycles. The molecule has 144 valence electrons. The summed E-state index contributed by atoms with van der Waals surface area (Å²) in [6, 6.07) is 11.7. The van der Waals surface area contributed by atoms with Crippen molar-refractivity contribution in [2.75, 3.05) is 20.2 Å². The van der Waals surface area contributed by atoms with Gasteiger partial charge in [-0.2, -0.15) is 13.2 Å². The summed E-state index contributed by atoms with van der Waals surface area (Å²) in [5.41, 5.74) is 0.648. The standard InChI is InChI=1S/C21H22F3NO2/c1-25(13-20(14-26)10-3-11-20)19(27)16-8-6-15(7-9-16)17-4-2-5-18(12-17)21(22,23)24/h2,4-9,12,26H,3,10-11,13-14H2,1H3. The van der Waals surface area contributed by atoms with Crippen LogP contribution in [0.5, 0.6) is 0 Å².